The van der Waals surface area contributed by atoms with Crippen molar-refractivity contribution >= 4 is 0 Å². The Kier molecular flexibility index (Phi) is 2.30. The normalized spacial score (nSPS) is 25.0. The fraction of sp³-hybridized carbons (Fsp3) is 0.500. The van der Waals surface area contributed by atoms with Crippen LogP contribution in [0.3, 0.4) is 0 Å². The number of benzene rings is 1. The Hall–Kier alpha value is -0.960. The topological polar surface area (TPSA) is 26.0 Å². The number of hydrogen-bond acceptors (Lipinski definition) is 1. The summed E-state index contributed by atoms with van der Waals surface area (Å²) in [5.74, 6) is -0.583. The van der Waals surface area contributed by atoms with Crippen LogP contribution in [-0.4, -0.2) is 0 Å². The first-order valence-electron chi connectivity index (χ1n) is 5.12. The monoisotopic (exact) mass is 211 g/mol. The molecule has 0 amide bonds. The molecule has 0 aliphatic heterocycles. The van der Waals surface area contributed by atoms with Crippen molar-refractivity contribution in [3.8, 4) is 0 Å². The fourth-order valence-electron chi connectivity index (χ4n) is 2.11. The van der Waals surface area contributed by atoms with Crippen LogP contribution < -0.4 is 5.73 Å². The maximum atomic E-state index is 13.4. The van der Waals surface area contributed by atoms with Gasteiger partial charge in [-0.3, -0.25) is 0 Å². The molecule has 2 unspecified atom stereocenters. The van der Waals surface area contributed by atoms with Gasteiger partial charge in [-0.2, -0.15) is 0 Å². The first-order valence-corrected chi connectivity index (χ1v) is 5.12. The summed E-state index contributed by atoms with van der Waals surface area (Å²) in [7, 11) is 0. The van der Waals surface area contributed by atoms with Crippen LogP contribution in [-0.2, 0) is 0 Å². The minimum absolute atomic E-state index is 0.165. The lowest BCUT2D eigenvalue weighted by Gasteiger charge is -2.14. The number of nitrogens with two attached hydrogens (primary N) is 1. The summed E-state index contributed by atoms with van der Waals surface area (Å²) in [6.45, 7) is 4.18. The van der Waals surface area contributed by atoms with Gasteiger partial charge in [-0.15, -0.1) is 0 Å². The third-order valence-electron chi connectivity index (χ3n) is 3.34. The van der Waals surface area contributed by atoms with E-state index in [1.807, 2.05) is 0 Å². The molecule has 0 saturated heterocycles. The van der Waals surface area contributed by atoms with Gasteiger partial charge in [0.1, 0.15) is 11.6 Å². The van der Waals surface area contributed by atoms with Gasteiger partial charge in [-0.25, -0.2) is 8.78 Å². The minimum Gasteiger partial charge on any atom is -0.324 e. The van der Waals surface area contributed by atoms with E-state index in [4.69, 9.17) is 5.73 Å². The number of halogens is 2. The second-order valence-electron chi connectivity index (χ2n) is 4.99. The molecule has 1 saturated carbocycles. The molecule has 1 fully saturated rings. The van der Waals surface area contributed by atoms with Gasteiger partial charge >= 0.3 is 0 Å². The summed E-state index contributed by atoms with van der Waals surface area (Å²) in [4.78, 5) is 0. The lowest BCUT2D eigenvalue weighted by Crippen LogP contribution is -2.17. The van der Waals surface area contributed by atoms with E-state index in [9.17, 15) is 8.78 Å². The molecule has 0 spiro atoms. The molecule has 15 heavy (non-hydrogen) atoms. The van der Waals surface area contributed by atoms with E-state index in [2.05, 4.69) is 13.8 Å². The molecule has 2 N–H and O–H groups in total. The Bertz CT molecular complexity index is 387. The number of rotatable bonds is 2. The van der Waals surface area contributed by atoms with Crippen LogP contribution in [0.25, 0.3) is 0 Å². The van der Waals surface area contributed by atoms with Crippen LogP contribution in [0.5, 0.6) is 0 Å². The Morgan fingerprint density at radius 2 is 2.00 bits per heavy atom. The van der Waals surface area contributed by atoms with Gasteiger partial charge in [0, 0.05) is 11.6 Å². The van der Waals surface area contributed by atoms with Gasteiger partial charge < -0.3 is 5.73 Å². The highest BCUT2D eigenvalue weighted by molar-refractivity contribution is 5.25. The Morgan fingerprint density at radius 1 is 1.40 bits per heavy atom. The quantitative estimate of drug-likeness (QED) is 0.799. The Labute approximate surface area is 88.3 Å². The van der Waals surface area contributed by atoms with Gasteiger partial charge in [0.15, 0.2) is 0 Å². The zero-order valence-electron chi connectivity index (χ0n) is 8.93. The van der Waals surface area contributed by atoms with E-state index in [-0.39, 0.29) is 11.3 Å². The predicted molar refractivity (Wildman–Crippen MR) is 55.2 cm³/mol. The Morgan fingerprint density at radius 3 is 2.53 bits per heavy atom. The average molecular weight is 211 g/mol. The predicted octanol–water partition coefficient (Wildman–Crippen LogP) is 3.01. The van der Waals surface area contributed by atoms with E-state index in [0.29, 0.717) is 5.56 Å². The second kappa shape index (κ2) is 3.27. The van der Waals surface area contributed by atoms with E-state index in [1.54, 1.807) is 0 Å². The van der Waals surface area contributed by atoms with Gasteiger partial charge in [-0.05, 0) is 36.0 Å². The van der Waals surface area contributed by atoms with Crippen LogP contribution in [0.4, 0.5) is 8.78 Å². The number of hydrogen-bond donors (Lipinski definition) is 1. The van der Waals surface area contributed by atoms with Crippen molar-refractivity contribution in [2.24, 2.45) is 17.1 Å². The van der Waals surface area contributed by atoms with Crippen molar-refractivity contribution in [1.29, 1.82) is 0 Å². The van der Waals surface area contributed by atoms with Gasteiger partial charge in [0.25, 0.3) is 0 Å². The minimum atomic E-state index is -0.430. The van der Waals surface area contributed by atoms with Crippen molar-refractivity contribution < 1.29 is 8.78 Å². The van der Waals surface area contributed by atoms with Crippen molar-refractivity contribution in [2.45, 2.75) is 26.3 Å². The molecule has 3 heteroatoms. The molecule has 0 aromatic heterocycles. The molecule has 82 valence electrons. The second-order valence-corrected chi connectivity index (χ2v) is 4.99. The molecule has 1 aliphatic rings. The van der Waals surface area contributed by atoms with Crippen LogP contribution in [0.2, 0.25) is 0 Å². The molecule has 2 atom stereocenters. The van der Waals surface area contributed by atoms with Crippen LogP contribution >= 0.6 is 0 Å². The smallest absolute Gasteiger partial charge is 0.128 e. The van der Waals surface area contributed by atoms with E-state index in [0.717, 1.165) is 18.6 Å². The van der Waals surface area contributed by atoms with Crippen molar-refractivity contribution in [3.63, 3.8) is 0 Å². The Balaban J connectivity index is 2.26. The summed E-state index contributed by atoms with van der Waals surface area (Å²) in [6.07, 6.45) is 0.976. The highest BCUT2D eigenvalue weighted by Crippen LogP contribution is 2.57. The molecule has 1 nitrogen and oxygen atoms in total. The lowest BCUT2D eigenvalue weighted by molar-refractivity contribution is 0.470. The third kappa shape index (κ3) is 1.88. The molecule has 0 heterocycles. The summed E-state index contributed by atoms with van der Waals surface area (Å²) in [5, 5.41) is 0. The molecule has 1 aromatic carbocycles. The molecule has 1 aliphatic carbocycles. The van der Waals surface area contributed by atoms with Gasteiger partial charge in [0.05, 0.1) is 0 Å². The zero-order valence-corrected chi connectivity index (χ0v) is 8.93. The van der Waals surface area contributed by atoms with Crippen LogP contribution in [0.15, 0.2) is 18.2 Å². The van der Waals surface area contributed by atoms with Crippen LogP contribution in [0, 0.1) is 23.0 Å². The zero-order chi connectivity index (χ0) is 11.2. The summed E-state index contributed by atoms with van der Waals surface area (Å²) in [5.41, 5.74) is 6.40. The standard InChI is InChI=1S/C12H15F2N/c1-12(2)6-9(12)11(15)8-5-7(13)3-4-10(8)14/h3-5,9,11H,6,15H2,1-2H3. The van der Waals surface area contributed by atoms with E-state index in [1.165, 1.54) is 6.07 Å². The van der Waals surface area contributed by atoms with Crippen molar-refractivity contribution in [3.05, 3.63) is 35.4 Å². The first-order chi connectivity index (χ1) is 6.92. The highest BCUT2D eigenvalue weighted by atomic mass is 19.1. The molecule has 2 rings (SSSR count). The van der Waals surface area contributed by atoms with Gasteiger partial charge in [-0.1, -0.05) is 13.8 Å². The van der Waals surface area contributed by atoms with Gasteiger partial charge in [0.2, 0.25) is 0 Å². The summed E-state index contributed by atoms with van der Waals surface area (Å²) >= 11 is 0. The third-order valence-corrected chi connectivity index (χ3v) is 3.34. The molecule has 0 radical (unpaired) electrons. The van der Waals surface area contributed by atoms with Crippen molar-refractivity contribution in [2.75, 3.05) is 0 Å². The largest absolute Gasteiger partial charge is 0.324 e. The average Bonchev–Trinajstić information content (AvgIpc) is 2.78. The van der Waals surface area contributed by atoms with Crippen molar-refractivity contribution in [1.82, 2.24) is 0 Å². The molecular formula is C12H15F2N. The summed E-state index contributed by atoms with van der Waals surface area (Å²) in [6, 6.07) is 3.06. The molecule has 0 bridgehead atoms. The van der Waals surface area contributed by atoms with Crippen LogP contribution in [0.1, 0.15) is 31.9 Å². The maximum absolute atomic E-state index is 13.4. The SMILES string of the molecule is CC1(C)CC1C(N)c1cc(F)ccc1F. The molecular weight excluding hydrogens is 196 g/mol. The lowest BCUT2D eigenvalue weighted by atomic mass is 9.97. The van der Waals surface area contributed by atoms with E-state index < -0.39 is 17.7 Å². The fourth-order valence-corrected chi connectivity index (χ4v) is 2.11. The van der Waals surface area contributed by atoms with E-state index >= 15 is 0 Å². The maximum Gasteiger partial charge on any atom is 0.128 e. The first kappa shape index (κ1) is 10.6. The summed E-state index contributed by atoms with van der Waals surface area (Å²) < 4.78 is 26.4. The molecule has 1 aromatic rings. The highest BCUT2D eigenvalue weighted by Gasteiger charge is 2.49.